The van der Waals surface area contributed by atoms with Crippen LogP contribution in [0.2, 0.25) is 0 Å². The van der Waals surface area contributed by atoms with Crippen LogP contribution in [0.4, 0.5) is 11.6 Å². The first-order valence-electron chi connectivity index (χ1n) is 11.8. The highest BCUT2D eigenvalue weighted by Gasteiger charge is 2.40. The molecule has 192 valence electrons. The maximum absolute atomic E-state index is 13.1. The van der Waals surface area contributed by atoms with Gasteiger partial charge in [0, 0.05) is 38.8 Å². The fraction of sp³-hybridized carbons (Fsp3) is 0.458. The second kappa shape index (κ2) is 10.8. The van der Waals surface area contributed by atoms with Gasteiger partial charge in [0.25, 0.3) is 11.8 Å². The van der Waals surface area contributed by atoms with E-state index in [1.807, 2.05) is 17.0 Å². The number of aryl methyl sites for hydroxylation is 1. The number of carbonyl (C=O) groups excluding carboxylic acids is 2. The number of nitrogens with two attached hydrogens (primary N) is 2. The van der Waals surface area contributed by atoms with Crippen LogP contribution >= 0.6 is 0 Å². The van der Waals surface area contributed by atoms with Gasteiger partial charge in [-0.25, -0.2) is 9.97 Å². The number of guanidine groups is 1. The van der Waals surface area contributed by atoms with Crippen molar-refractivity contribution < 1.29 is 19.1 Å². The number of nitrogens with zero attached hydrogens (tertiary/aromatic N) is 4. The van der Waals surface area contributed by atoms with E-state index in [0.29, 0.717) is 68.7 Å². The molecule has 1 aromatic heterocycles. The molecule has 1 saturated heterocycles. The quantitative estimate of drug-likeness (QED) is 0.403. The number of likely N-dealkylation sites (tertiary alicyclic amines) is 1. The number of hydrogen-bond acceptors (Lipinski definition) is 10. The first-order valence-corrected chi connectivity index (χ1v) is 11.8. The van der Waals surface area contributed by atoms with E-state index in [1.165, 1.54) is 0 Å². The maximum Gasteiger partial charge on any atom is 0.280 e. The zero-order valence-corrected chi connectivity index (χ0v) is 20.5. The number of aliphatic imine (C=N–C) groups is 1. The van der Waals surface area contributed by atoms with Crippen LogP contribution in [0.25, 0.3) is 0 Å². The minimum atomic E-state index is -0.511. The van der Waals surface area contributed by atoms with Crippen LogP contribution in [-0.2, 0) is 4.74 Å². The number of methoxy groups -OCH3 is 1. The van der Waals surface area contributed by atoms with Gasteiger partial charge >= 0.3 is 0 Å². The molecule has 36 heavy (non-hydrogen) atoms. The highest BCUT2D eigenvalue weighted by atomic mass is 16.5. The molecule has 2 aliphatic rings. The molecule has 0 aliphatic carbocycles. The molecule has 2 aliphatic heterocycles. The normalized spacial score (nSPS) is 16.4. The minimum absolute atomic E-state index is 0.00234. The number of amides is 2. The fourth-order valence-corrected chi connectivity index (χ4v) is 4.23. The molecule has 1 spiro atoms. The molecule has 0 saturated carbocycles. The Bertz CT molecular complexity index is 1160. The number of benzene rings is 1. The van der Waals surface area contributed by atoms with Crippen molar-refractivity contribution in [3.05, 3.63) is 41.2 Å². The van der Waals surface area contributed by atoms with Gasteiger partial charge in [0.1, 0.15) is 11.6 Å². The van der Waals surface area contributed by atoms with Crippen molar-refractivity contribution >= 4 is 29.4 Å². The molecule has 6 N–H and O–H groups in total. The minimum Gasteiger partial charge on any atom is -0.493 e. The van der Waals surface area contributed by atoms with Gasteiger partial charge < -0.3 is 31.2 Å². The number of anilines is 2. The van der Waals surface area contributed by atoms with Gasteiger partial charge in [-0.3, -0.25) is 19.9 Å². The third kappa shape index (κ3) is 5.65. The highest BCUT2D eigenvalue weighted by Crippen LogP contribution is 2.27. The van der Waals surface area contributed by atoms with Gasteiger partial charge in [0.2, 0.25) is 0 Å². The van der Waals surface area contributed by atoms with Gasteiger partial charge in [-0.15, -0.1) is 0 Å². The zero-order chi connectivity index (χ0) is 25.7. The molecule has 1 fully saturated rings. The van der Waals surface area contributed by atoms with Crippen molar-refractivity contribution in [1.82, 2.24) is 25.5 Å². The number of hydrogen-bond donors (Lipinski definition) is 4. The van der Waals surface area contributed by atoms with Crippen molar-refractivity contribution in [2.24, 2.45) is 4.99 Å². The third-order valence-electron chi connectivity index (χ3n) is 6.35. The molecule has 1 aromatic carbocycles. The van der Waals surface area contributed by atoms with Crippen LogP contribution in [0.1, 0.15) is 45.8 Å². The fourth-order valence-electron chi connectivity index (χ4n) is 4.23. The Labute approximate surface area is 209 Å². The number of carbonyl (C=O) groups is 2. The number of ether oxygens (including phenoxy) is 2. The largest absolute Gasteiger partial charge is 0.493 e. The summed E-state index contributed by atoms with van der Waals surface area (Å²) in [7, 11) is 1.65. The number of rotatable bonds is 7. The molecule has 0 unspecified atom stereocenters. The van der Waals surface area contributed by atoms with E-state index in [9.17, 15) is 9.59 Å². The lowest BCUT2D eigenvalue weighted by atomic mass is 9.88. The van der Waals surface area contributed by atoms with Gasteiger partial charge in [-0.1, -0.05) is 6.07 Å². The maximum atomic E-state index is 13.1. The van der Waals surface area contributed by atoms with E-state index in [2.05, 4.69) is 25.6 Å². The smallest absolute Gasteiger partial charge is 0.280 e. The second-order valence-electron chi connectivity index (χ2n) is 8.97. The Balaban J connectivity index is 1.30. The molecular formula is C24H32N8O4. The van der Waals surface area contributed by atoms with E-state index in [-0.39, 0.29) is 28.8 Å². The molecule has 2 aromatic rings. The molecule has 2 amide bonds. The van der Waals surface area contributed by atoms with Gasteiger partial charge in [0.15, 0.2) is 17.5 Å². The van der Waals surface area contributed by atoms with Crippen molar-refractivity contribution in [2.45, 2.75) is 31.7 Å². The van der Waals surface area contributed by atoms with Crippen molar-refractivity contribution in [1.29, 1.82) is 0 Å². The van der Waals surface area contributed by atoms with Crippen LogP contribution < -0.4 is 26.8 Å². The summed E-state index contributed by atoms with van der Waals surface area (Å²) in [5, 5.41) is 6.05. The Hall–Kier alpha value is -3.93. The first-order chi connectivity index (χ1) is 17.3. The van der Waals surface area contributed by atoms with Crippen LogP contribution in [0.15, 0.2) is 29.3 Å². The van der Waals surface area contributed by atoms with Gasteiger partial charge in [-0.2, -0.15) is 0 Å². The lowest BCUT2D eigenvalue weighted by Gasteiger charge is -2.39. The first kappa shape index (κ1) is 25.2. The van der Waals surface area contributed by atoms with E-state index in [1.54, 1.807) is 26.2 Å². The summed E-state index contributed by atoms with van der Waals surface area (Å²) in [4.78, 5) is 40.1. The summed E-state index contributed by atoms with van der Waals surface area (Å²) in [5.41, 5.74) is 12.2. The number of aromatic nitrogens is 2. The van der Waals surface area contributed by atoms with Gasteiger partial charge in [0.05, 0.1) is 24.4 Å². The van der Waals surface area contributed by atoms with Crippen molar-refractivity contribution in [3.63, 3.8) is 0 Å². The molecule has 12 nitrogen and oxygen atoms in total. The Morgan fingerprint density at radius 2 is 1.94 bits per heavy atom. The Morgan fingerprint density at radius 3 is 2.69 bits per heavy atom. The predicted octanol–water partition coefficient (Wildman–Crippen LogP) is 0.729. The zero-order valence-electron chi connectivity index (χ0n) is 20.5. The number of nitrogens with one attached hydrogen (secondary N) is 2. The van der Waals surface area contributed by atoms with Crippen LogP contribution in [0.3, 0.4) is 0 Å². The van der Waals surface area contributed by atoms with Crippen LogP contribution in [0, 0.1) is 6.92 Å². The second-order valence-corrected chi connectivity index (χ2v) is 8.97. The van der Waals surface area contributed by atoms with E-state index in [4.69, 9.17) is 20.9 Å². The summed E-state index contributed by atoms with van der Waals surface area (Å²) >= 11 is 0. The summed E-state index contributed by atoms with van der Waals surface area (Å²) in [6, 6.07) is 7.24. The molecule has 3 heterocycles. The molecule has 4 rings (SSSR count). The average Bonchev–Trinajstić information content (AvgIpc) is 3.25. The van der Waals surface area contributed by atoms with E-state index >= 15 is 0 Å². The van der Waals surface area contributed by atoms with Crippen LogP contribution in [0.5, 0.6) is 5.75 Å². The number of nitrogen functional groups attached to an aromatic ring is 2. The summed E-state index contributed by atoms with van der Waals surface area (Å²) in [6.07, 6.45) is 2.16. The molecule has 12 heteroatoms. The third-order valence-corrected chi connectivity index (χ3v) is 6.35. The van der Waals surface area contributed by atoms with E-state index in [0.717, 1.165) is 6.42 Å². The topological polar surface area (TPSA) is 170 Å². The summed E-state index contributed by atoms with van der Waals surface area (Å²) < 4.78 is 10.8. The highest BCUT2D eigenvalue weighted by molar-refractivity contribution is 6.07. The molecule has 0 radical (unpaired) electrons. The lowest BCUT2D eigenvalue weighted by Crippen LogP contribution is -2.57. The average molecular weight is 497 g/mol. The van der Waals surface area contributed by atoms with E-state index < -0.39 is 5.91 Å². The monoisotopic (exact) mass is 496 g/mol. The summed E-state index contributed by atoms with van der Waals surface area (Å²) in [5.74, 6) is 0.616. The molecule has 0 bridgehead atoms. The standard InChI is InChI=1S/C24H32N8O4/c1-15-19(25)29-20(26)18(28-15)21(33)30-23-27-14-24(31-23)7-9-32(10-8-24)22(34)16-5-3-6-17(13-16)36-12-4-11-35-2/h3,5-6,13H,4,7-12,14H2,1-2H3,(H4,25,26,29)(H2,27,30,31,33). The Morgan fingerprint density at radius 1 is 1.17 bits per heavy atom. The molecule has 0 atom stereocenters. The number of piperidine rings is 1. The van der Waals surface area contributed by atoms with Gasteiger partial charge in [-0.05, 0) is 38.0 Å². The Kier molecular flexibility index (Phi) is 7.53. The lowest BCUT2D eigenvalue weighted by molar-refractivity contribution is 0.0668. The van der Waals surface area contributed by atoms with Crippen molar-refractivity contribution in [3.8, 4) is 5.75 Å². The van der Waals surface area contributed by atoms with Crippen molar-refractivity contribution in [2.75, 3.05) is 51.4 Å². The van der Waals surface area contributed by atoms with Crippen LogP contribution in [-0.4, -0.2) is 78.1 Å². The molecular weight excluding hydrogens is 464 g/mol. The predicted molar refractivity (Wildman–Crippen MR) is 135 cm³/mol. The summed E-state index contributed by atoms with van der Waals surface area (Å²) in [6.45, 7) is 4.44. The SMILES string of the molecule is COCCCOc1cccc(C(=O)N2CCC3(CC2)CN=C(NC(=O)c2nc(C)c(N)nc2N)N3)c1.